The molecule has 23 heavy (non-hydrogen) atoms. The van der Waals surface area contributed by atoms with Crippen LogP contribution in [0.4, 0.5) is 18.9 Å². The highest BCUT2D eigenvalue weighted by molar-refractivity contribution is 6.30. The molecule has 1 aromatic carbocycles. The van der Waals surface area contributed by atoms with Crippen molar-refractivity contribution in [1.29, 1.82) is 0 Å². The summed E-state index contributed by atoms with van der Waals surface area (Å²) in [6.07, 6.45) is -4.45. The highest BCUT2D eigenvalue weighted by Gasteiger charge is 2.43. The Morgan fingerprint density at radius 1 is 1.26 bits per heavy atom. The highest BCUT2D eigenvalue weighted by Crippen LogP contribution is 2.26. The van der Waals surface area contributed by atoms with Crippen molar-refractivity contribution in [2.75, 3.05) is 18.4 Å². The Balaban J connectivity index is 1.92. The van der Waals surface area contributed by atoms with Crippen molar-refractivity contribution in [3.05, 3.63) is 28.8 Å². The highest BCUT2D eigenvalue weighted by atomic mass is 35.5. The van der Waals surface area contributed by atoms with Crippen LogP contribution >= 0.6 is 11.6 Å². The summed E-state index contributed by atoms with van der Waals surface area (Å²) >= 11 is 5.84. The first kappa shape index (κ1) is 17.6. The van der Waals surface area contributed by atoms with Gasteiger partial charge in [0, 0.05) is 29.7 Å². The minimum atomic E-state index is -4.87. The van der Waals surface area contributed by atoms with Crippen LogP contribution < -0.4 is 5.32 Å². The fraction of sp³-hybridized carbons (Fsp3) is 0.467. The van der Waals surface area contributed by atoms with E-state index in [1.807, 2.05) is 0 Å². The number of amides is 2. The summed E-state index contributed by atoms with van der Waals surface area (Å²) in [5.74, 6) is -2.51. The summed E-state index contributed by atoms with van der Waals surface area (Å²) in [5.41, 5.74) is 1.42. The van der Waals surface area contributed by atoms with E-state index in [0.29, 0.717) is 10.7 Å². The van der Waals surface area contributed by atoms with Gasteiger partial charge in [-0.1, -0.05) is 11.6 Å². The first-order chi connectivity index (χ1) is 10.7. The third-order valence-electron chi connectivity index (χ3n) is 3.84. The normalized spacial score (nSPS) is 16.3. The lowest BCUT2D eigenvalue weighted by molar-refractivity contribution is -0.186. The van der Waals surface area contributed by atoms with Crippen LogP contribution in [0.2, 0.25) is 5.02 Å². The van der Waals surface area contributed by atoms with Crippen molar-refractivity contribution in [2.24, 2.45) is 5.92 Å². The van der Waals surface area contributed by atoms with E-state index < -0.39 is 18.0 Å². The molecule has 0 unspecified atom stereocenters. The number of aryl methyl sites for hydroxylation is 1. The zero-order chi connectivity index (χ0) is 17.2. The molecule has 1 aliphatic heterocycles. The van der Waals surface area contributed by atoms with Crippen LogP contribution in [0.1, 0.15) is 18.4 Å². The summed E-state index contributed by atoms with van der Waals surface area (Å²) in [5, 5.41) is 3.31. The molecule has 0 spiro atoms. The molecule has 0 bridgehead atoms. The van der Waals surface area contributed by atoms with Gasteiger partial charge in [-0.15, -0.1) is 0 Å². The van der Waals surface area contributed by atoms with Crippen LogP contribution in [0, 0.1) is 12.8 Å². The number of alkyl halides is 3. The zero-order valence-electron chi connectivity index (χ0n) is 12.4. The first-order valence-electron chi connectivity index (χ1n) is 7.11. The number of benzene rings is 1. The lowest BCUT2D eigenvalue weighted by Gasteiger charge is -2.31. The van der Waals surface area contributed by atoms with Gasteiger partial charge >= 0.3 is 12.1 Å². The maximum atomic E-state index is 12.4. The van der Waals surface area contributed by atoms with E-state index in [1.165, 1.54) is 0 Å². The summed E-state index contributed by atoms with van der Waals surface area (Å²) in [4.78, 5) is 24.1. The summed E-state index contributed by atoms with van der Waals surface area (Å²) in [6.45, 7) is 1.65. The molecule has 0 aliphatic carbocycles. The van der Waals surface area contributed by atoms with Gasteiger partial charge in [0.05, 0.1) is 0 Å². The van der Waals surface area contributed by atoms with E-state index in [2.05, 4.69) is 5.32 Å². The van der Waals surface area contributed by atoms with Gasteiger partial charge in [-0.05, 0) is 43.5 Å². The van der Waals surface area contributed by atoms with Crippen molar-refractivity contribution < 1.29 is 22.8 Å². The average Bonchev–Trinajstić information content (AvgIpc) is 2.48. The Morgan fingerprint density at radius 3 is 2.39 bits per heavy atom. The molecule has 4 nitrogen and oxygen atoms in total. The molecule has 1 N–H and O–H groups in total. The number of likely N-dealkylation sites (tertiary alicyclic amines) is 1. The number of piperidine rings is 1. The second kappa shape index (κ2) is 6.78. The van der Waals surface area contributed by atoms with Gasteiger partial charge in [0.25, 0.3) is 0 Å². The molecule has 8 heteroatoms. The fourth-order valence-corrected chi connectivity index (χ4v) is 2.75. The van der Waals surface area contributed by atoms with E-state index in [0.717, 1.165) is 10.5 Å². The maximum absolute atomic E-state index is 12.4. The third kappa shape index (κ3) is 4.37. The maximum Gasteiger partial charge on any atom is 0.471 e. The number of nitrogens with zero attached hydrogens (tertiary/aromatic N) is 1. The van der Waals surface area contributed by atoms with Crippen molar-refractivity contribution in [3.63, 3.8) is 0 Å². The number of halogens is 4. The summed E-state index contributed by atoms with van der Waals surface area (Å²) in [7, 11) is 0. The second-order valence-electron chi connectivity index (χ2n) is 5.51. The number of anilines is 1. The number of nitrogens with one attached hydrogen (secondary N) is 1. The van der Waals surface area contributed by atoms with Gasteiger partial charge in [0.2, 0.25) is 5.91 Å². The Labute approximate surface area is 136 Å². The number of carbonyl (C=O) groups excluding carboxylic acids is 2. The SMILES string of the molecule is Cc1cc(Cl)ccc1NC(=O)C1CCN(C(=O)C(F)(F)F)CC1. The minimum Gasteiger partial charge on any atom is -0.335 e. The minimum absolute atomic E-state index is 0.0734. The third-order valence-corrected chi connectivity index (χ3v) is 4.08. The fourth-order valence-electron chi connectivity index (χ4n) is 2.53. The van der Waals surface area contributed by atoms with Gasteiger partial charge in [-0.25, -0.2) is 0 Å². The Morgan fingerprint density at radius 2 is 1.87 bits per heavy atom. The van der Waals surface area contributed by atoms with Crippen molar-refractivity contribution in [1.82, 2.24) is 4.90 Å². The standard InChI is InChI=1S/C15H16ClF3N2O2/c1-9-8-11(16)2-3-12(9)20-13(22)10-4-6-21(7-5-10)14(23)15(17,18)19/h2-3,8,10H,4-7H2,1H3,(H,20,22). The van der Waals surface area contributed by atoms with Crippen LogP contribution in [0.5, 0.6) is 0 Å². The zero-order valence-corrected chi connectivity index (χ0v) is 13.2. The lowest BCUT2D eigenvalue weighted by atomic mass is 9.95. The number of rotatable bonds is 2. The van der Waals surface area contributed by atoms with E-state index in [9.17, 15) is 22.8 Å². The molecular weight excluding hydrogens is 333 g/mol. The predicted octanol–water partition coefficient (Wildman–Crippen LogP) is 3.39. The average molecular weight is 349 g/mol. The van der Waals surface area contributed by atoms with Crippen LogP contribution in [-0.4, -0.2) is 36.0 Å². The molecule has 1 fully saturated rings. The Bertz CT molecular complexity index is 611. The van der Waals surface area contributed by atoms with E-state index in [1.54, 1.807) is 25.1 Å². The molecule has 2 rings (SSSR count). The van der Waals surface area contributed by atoms with Crippen molar-refractivity contribution in [2.45, 2.75) is 25.9 Å². The van der Waals surface area contributed by atoms with Gasteiger partial charge < -0.3 is 10.2 Å². The molecule has 1 aromatic rings. The van der Waals surface area contributed by atoms with Gasteiger partial charge in [-0.3, -0.25) is 9.59 Å². The van der Waals surface area contributed by atoms with Crippen LogP contribution in [0.15, 0.2) is 18.2 Å². The van der Waals surface area contributed by atoms with Crippen LogP contribution in [0.25, 0.3) is 0 Å². The summed E-state index contributed by atoms with van der Waals surface area (Å²) < 4.78 is 37.1. The number of carbonyl (C=O) groups is 2. The lowest BCUT2D eigenvalue weighted by Crippen LogP contribution is -2.46. The van der Waals surface area contributed by atoms with E-state index >= 15 is 0 Å². The van der Waals surface area contributed by atoms with E-state index in [-0.39, 0.29) is 31.8 Å². The Kier molecular flexibility index (Phi) is 5.19. The Hall–Kier alpha value is -1.76. The van der Waals surface area contributed by atoms with Crippen LogP contribution in [0.3, 0.4) is 0 Å². The van der Waals surface area contributed by atoms with Crippen LogP contribution in [-0.2, 0) is 9.59 Å². The number of hydrogen-bond donors (Lipinski definition) is 1. The molecule has 2 amide bonds. The molecule has 1 heterocycles. The largest absolute Gasteiger partial charge is 0.471 e. The smallest absolute Gasteiger partial charge is 0.335 e. The number of hydrogen-bond acceptors (Lipinski definition) is 2. The quantitative estimate of drug-likeness (QED) is 0.890. The van der Waals surface area contributed by atoms with E-state index in [4.69, 9.17) is 11.6 Å². The topological polar surface area (TPSA) is 49.4 Å². The molecular formula is C15H16ClF3N2O2. The molecule has 0 aromatic heterocycles. The van der Waals surface area contributed by atoms with Crippen molar-refractivity contribution in [3.8, 4) is 0 Å². The molecule has 126 valence electrons. The molecule has 0 atom stereocenters. The predicted molar refractivity (Wildman–Crippen MR) is 80.2 cm³/mol. The van der Waals surface area contributed by atoms with Gasteiger partial charge in [0.1, 0.15) is 0 Å². The molecule has 1 aliphatic rings. The van der Waals surface area contributed by atoms with Gasteiger partial charge in [0.15, 0.2) is 0 Å². The molecule has 0 saturated carbocycles. The monoisotopic (exact) mass is 348 g/mol. The van der Waals surface area contributed by atoms with Gasteiger partial charge in [-0.2, -0.15) is 13.2 Å². The van der Waals surface area contributed by atoms with Crippen molar-refractivity contribution >= 4 is 29.1 Å². The first-order valence-corrected chi connectivity index (χ1v) is 7.49. The summed E-state index contributed by atoms with van der Waals surface area (Å²) in [6, 6.07) is 5.04. The molecule has 1 saturated heterocycles. The molecule has 0 radical (unpaired) electrons. The second-order valence-corrected chi connectivity index (χ2v) is 5.95.